The zero-order chi connectivity index (χ0) is 9.12. The monoisotopic (exact) mass is 212 g/mol. The van der Waals surface area contributed by atoms with E-state index in [1.807, 2.05) is 0 Å². The molecule has 0 spiro atoms. The van der Waals surface area contributed by atoms with Crippen LogP contribution in [-0.4, -0.2) is 18.6 Å². The molecule has 0 aliphatic rings. The molecule has 1 N–H and O–H groups in total. The fourth-order valence-electron chi connectivity index (χ4n) is 0.727. The summed E-state index contributed by atoms with van der Waals surface area (Å²) < 4.78 is 0. The van der Waals surface area contributed by atoms with Crippen LogP contribution < -0.4 is 51.4 Å². The maximum Gasteiger partial charge on any atom is 1.00 e. The third kappa shape index (κ3) is 19.8. The maximum atomic E-state index is 4.51. The first-order chi connectivity index (χ1) is 4.71. The summed E-state index contributed by atoms with van der Waals surface area (Å²) in [5, 5.41) is 4.51. The van der Waals surface area contributed by atoms with Crippen molar-refractivity contribution < 1.29 is 56.9 Å². The molecule has 0 aromatic heterocycles. The molecule has 76 valence electrons. The van der Waals surface area contributed by atoms with Crippen molar-refractivity contribution in [2.75, 3.05) is 13.1 Å². The first kappa shape index (κ1) is 20.0. The van der Waals surface area contributed by atoms with E-state index in [4.69, 9.17) is 0 Å². The Morgan fingerprint density at radius 1 is 0.769 bits per heavy atom. The average Bonchev–Trinajstić information content (AvgIpc) is 1.55. The molecule has 2 nitrogen and oxygen atoms in total. The molecule has 0 atom stereocenters. The molecule has 0 aliphatic heterocycles. The van der Waals surface area contributed by atoms with Crippen LogP contribution in [0.3, 0.4) is 0 Å². The molecule has 0 radical (unpaired) electrons. The van der Waals surface area contributed by atoms with Gasteiger partial charge in [-0.05, 0) is 0 Å². The predicted octanol–water partition coefficient (Wildman–Crippen LogP) is 0.280. The van der Waals surface area contributed by atoms with Crippen molar-refractivity contribution in [3.05, 3.63) is 5.32 Å². The maximum absolute atomic E-state index is 4.51. The molecule has 0 aliphatic carbocycles. The average molecular weight is 212 g/mol. The number of hydrogen-bond donors (Lipinski definition) is 0. The summed E-state index contributed by atoms with van der Waals surface area (Å²) >= 11 is 0. The van der Waals surface area contributed by atoms with Gasteiger partial charge in [0.15, 0.2) is 0 Å². The van der Waals surface area contributed by atoms with E-state index in [2.05, 4.69) is 46.9 Å². The summed E-state index contributed by atoms with van der Waals surface area (Å²) in [5.74, 6) is 0. The number of nitrogens with zero attached hydrogens (tertiary/aromatic N) is 1. The fourth-order valence-corrected chi connectivity index (χ4v) is 0.727. The standard InChI is InChI=1S/C10H22N.K.H2O/c1-9(2,3)7-11-8-10(4,5)6;;/h7-8H2,1-6H3;;1H2/q-1;+1;/p-1. The topological polar surface area (TPSA) is 44.1 Å². The van der Waals surface area contributed by atoms with E-state index in [9.17, 15) is 0 Å². The zero-order valence-corrected chi connectivity index (χ0v) is 13.4. The van der Waals surface area contributed by atoms with E-state index in [0.717, 1.165) is 13.1 Å². The van der Waals surface area contributed by atoms with Crippen molar-refractivity contribution in [2.24, 2.45) is 10.8 Å². The fraction of sp³-hybridized carbons (Fsp3) is 1.00. The normalized spacial score (nSPS) is 11.5. The molecular weight excluding hydrogens is 189 g/mol. The minimum atomic E-state index is 0. The van der Waals surface area contributed by atoms with E-state index in [0.29, 0.717) is 10.8 Å². The Morgan fingerprint density at radius 3 is 1.15 bits per heavy atom. The van der Waals surface area contributed by atoms with Crippen molar-refractivity contribution in [2.45, 2.75) is 41.5 Å². The van der Waals surface area contributed by atoms with Crippen LogP contribution in [0.1, 0.15) is 41.5 Å². The zero-order valence-electron chi connectivity index (χ0n) is 10.3. The molecular formula is C10H23KNO-. The van der Waals surface area contributed by atoms with Crippen LogP contribution in [0.2, 0.25) is 0 Å². The van der Waals surface area contributed by atoms with Gasteiger partial charge in [0, 0.05) is 0 Å². The van der Waals surface area contributed by atoms with Gasteiger partial charge in [0.25, 0.3) is 0 Å². The van der Waals surface area contributed by atoms with Crippen molar-refractivity contribution in [3.63, 3.8) is 0 Å². The first-order valence-electron chi connectivity index (χ1n) is 4.34. The summed E-state index contributed by atoms with van der Waals surface area (Å²) in [6.45, 7) is 15.3. The second-order valence-corrected chi connectivity index (χ2v) is 5.66. The third-order valence-electron chi connectivity index (χ3n) is 1.17. The van der Waals surface area contributed by atoms with E-state index in [1.54, 1.807) is 0 Å². The smallest absolute Gasteiger partial charge is 0.870 e. The van der Waals surface area contributed by atoms with E-state index in [-0.39, 0.29) is 56.9 Å². The second kappa shape index (κ2) is 7.80. The van der Waals surface area contributed by atoms with Crippen LogP contribution in [0.5, 0.6) is 0 Å². The molecule has 0 rings (SSSR count). The van der Waals surface area contributed by atoms with Crippen molar-refractivity contribution in [3.8, 4) is 0 Å². The van der Waals surface area contributed by atoms with Gasteiger partial charge in [-0.3, -0.25) is 0 Å². The Hall–Kier alpha value is 1.56. The molecule has 0 aromatic carbocycles. The summed E-state index contributed by atoms with van der Waals surface area (Å²) in [5.41, 5.74) is 0.705. The molecule has 0 unspecified atom stereocenters. The minimum Gasteiger partial charge on any atom is -0.870 e. The Kier molecular flexibility index (Phi) is 12.0. The van der Waals surface area contributed by atoms with E-state index in [1.165, 1.54) is 0 Å². The molecule has 0 saturated heterocycles. The van der Waals surface area contributed by atoms with Crippen LogP contribution in [0, 0.1) is 10.8 Å². The Labute approximate surface area is 126 Å². The molecule has 0 saturated carbocycles. The van der Waals surface area contributed by atoms with Gasteiger partial charge in [-0.1, -0.05) is 52.4 Å². The summed E-state index contributed by atoms with van der Waals surface area (Å²) in [7, 11) is 0. The SMILES string of the molecule is CC(C)(C)C[N-]CC(C)(C)C.[K+].[OH-]. The van der Waals surface area contributed by atoms with Gasteiger partial charge in [0.05, 0.1) is 0 Å². The van der Waals surface area contributed by atoms with Crippen LogP contribution in [0.25, 0.3) is 5.32 Å². The predicted molar refractivity (Wildman–Crippen MR) is 53.9 cm³/mol. The Morgan fingerprint density at radius 2 is 1.00 bits per heavy atom. The van der Waals surface area contributed by atoms with Crippen LogP contribution in [-0.2, 0) is 0 Å². The minimum absolute atomic E-state index is 0. The number of hydrogen-bond acceptors (Lipinski definition) is 1. The second-order valence-electron chi connectivity index (χ2n) is 5.66. The molecule has 0 fully saturated rings. The summed E-state index contributed by atoms with van der Waals surface area (Å²) in [6.07, 6.45) is 0. The first-order valence-corrected chi connectivity index (χ1v) is 4.34. The summed E-state index contributed by atoms with van der Waals surface area (Å²) in [6, 6.07) is 0. The molecule has 3 heteroatoms. The van der Waals surface area contributed by atoms with Crippen LogP contribution in [0.15, 0.2) is 0 Å². The Balaban J connectivity index is -0.000000500. The largest absolute Gasteiger partial charge is 1.00 e. The van der Waals surface area contributed by atoms with E-state index >= 15 is 0 Å². The van der Waals surface area contributed by atoms with Crippen molar-refractivity contribution in [1.82, 2.24) is 0 Å². The van der Waals surface area contributed by atoms with Crippen LogP contribution >= 0.6 is 0 Å². The van der Waals surface area contributed by atoms with E-state index < -0.39 is 0 Å². The number of rotatable bonds is 2. The quantitative estimate of drug-likeness (QED) is 0.606. The van der Waals surface area contributed by atoms with Crippen LogP contribution in [0.4, 0.5) is 0 Å². The van der Waals surface area contributed by atoms with Gasteiger partial charge < -0.3 is 10.8 Å². The molecule has 0 heterocycles. The van der Waals surface area contributed by atoms with Gasteiger partial charge in [-0.2, -0.15) is 0 Å². The molecule has 0 aromatic rings. The van der Waals surface area contributed by atoms with Crippen molar-refractivity contribution >= 4 is 0 Å². The summed E-state index contributed by atoms with van der Waals surface area (Å²) in [4.78, 5) is 0. The van der Waals surface area contributed by atoms with Gasteiger partial charge in [-0.15, -0.1) is 13.1 Å². The van der Waals surface area contributed by atoms with Gasteiger partial charge in [0.2, 0.25) is 0 Å². The molecule has 13 heavy (non-hydrogen) atoms. The Bertz CT molecular complexity index is 99.1. The molecule has 0 bridgehead atoms. The van der Waals surface area contributed by atoms with Gasteiger partial charge in [-0.25, -0.2) is 0 Å². The van der Waals surface area contributed by atoms with Crippen molar-refractivity contribution in [1.29, 1.82) is 0 Å². The van der Waals surface area contributed by atoms with Gasteiger partial charge >= 0.3 is 51.4 Å². The van der Waals surface area contributed by atoms with Gasteiger partial charge in [0.1, 0.15) is 0 Å². The third-order valence-corrected chi connectivity index (χ3v) is 1.17. The molecule has 0 amide bonds.